The number of rotatable bonds is 5. The van der Waals surface area contributed by atoms with Crippen LogP contribution in [0.25, 0.3) is 0 Å². The van der Waals surface area contributed by atoms with Gasteiger partial charge in [0.25, 0.3) is 0 Å². The first-order valence-electron chi connectivity index (χ1n) is 5.91. The maximum absolute atomic E-state index is 13.5. The third kappa shape index (κ3) is 3.57. The van der Waals surface area contributed by atoms with Crippen molar-refractivity contribution in [3.63, 3.8) is 0 Å². The first-order valence-corrected chi connectivity index (χ1v) is 7.13. The van der Waals surface area contributed by atoms with Crippen molar-refractivity contribution in [1.29, 1.82) is 0 Å². The molecular formula is C13H14F2N4S. The van der Waals surface area contributed by atoms with Gasteiger partial charge in [-0.3, -0.25) is 0 Å². The van der Waals surface area contributed by atoms with Crippen molar-refractivity contribution < 1.29 is 8.78 Å². The van der Waals surface area contributed by atoms with E-state index in [-0.39, 0.29) is 6.54 Å². The van der Waals surface area contributed by atoms with Crippen molar-refractivity contribution in [3.05, 3.63) is 41.5 Å². The van der Waals surface area contributed by atoms with Crippen LogP contribution in [0.2, 0.25) is 0 Å². The van der Waals surface area contributed by atoms with Gasteiger partial charge in [0.05, 0.1) is 0 Å². The van der Waals surface area contributed by atoms with E-state index in [9.17, 15) is 8.78 Å². The lowest BCUT2D eigenvalue weighted by Crippen LogP contribution is -2.06. The molecule has 0 aliphatic rings. The average molecular weight is 296 g/mol. The van der Waals surface area contributed by atoms with Crippen molar-refractivity contribution in [2.24, 2.45) is 0 Å². The molecule has 106 valence electrons. The van der Waals surface area contributed by atoms with E-state index in [2.05, 4.69) is 20.6 Å². The van der Waals surface area contributed by atoms with Gasteiger partial charge in [-0.15, -0.1) is 0 Å². The molecule has 1 heterocycles. The van der Waals surface area contributed by atoms with Gasteiger partial charge in [0, 0.05) is 31.3 Å². The predicted molar refractivity (Wildman–Crippen MR) is 77.0 cm³/mol. The van der Waals surface area contributed by atoms with Crippen LogP contribution in [0.4, 0.5) is 20.4 Å². The molecule has 20 heavy (non-hydrogen) atoms. The molecule has 2 rings (SSSR count). The van der Waals surface area contributed by atoms with Gasteiger partial charge in [-0.2, -0.15) is 0 Å². The van der Waals surface area contributed by atoms with Crippen LogP contribution in [0.3, 0.4) is 0 Å². The van der Waals surface area contributed by atoms with Crippen LogP contribution < -0.4 is 10.6 Å². The SMILES string of the molecule is CNc1cc(NCc2ccc(F)cc2F)nc(SC)n1. The minimum absolute atomic E-state index is 0.222. The van der Waals surface area contributed by atoms with Crippen LogP contribution in [-0.2, 0) is 6.54 Å². The zero-order chi connectivity index (χ0) is 14.5. The second-order valence-corrected chi connectivity index (χ2v) is 4.74. The molecule has 0 spiro atoms. The Morgan fingerprint density at radius 1 is 1.15 bits per heavy atom. The maximum Gasteiger partial charge on any atom is 0.191 e. The fourth-order valence-corrected chi connectivity index (χ4v) is 1.97. The van der Waals surface area contributed by atoms with E-state index >= 15 is 0 Å². The van der Waals surface area contributed by atoms with Gasteiger partial charge < -0.3 is 10.6 Å². The molecule has 0 atom stereocenters. The Kier molecular flexibility index (Phi) is 4.73. The average Bonchev–Trinajstić information content (AvgIpc) is 2.46. The van der Waals surface area contributed by atoms with E-state index in [4.69, 9.17) is 0 Å². The van der Waals surface area contributed by atoms with Crippen molar-refractivity contribution in [2.75, 3.05) is 23.9 Å². The van der Waals surface area contributed by atoms with E-state index in [1.807, 2.05) is 6.26 Å². The number of nitrogens with one attached hydrogen (secondary N) is 2. The van der Waals surface area contributed by atoms with Crippen LogP contribution in [-0.4, -0.2) is 23.3 Å². The summed E-state index contributed by atoms with van der Waals surface area (Å²) in [5.41, 5.74) is 0.377. The smallest absolute Gasteiger partial charge is 0.191 e. The van der Waals surface area contributed by atoms with E-state index < -0.39 is 11.6 Å². The third-order valence-corrected chi connectivity index (χ3v) is 3.17. The van der Waals surface area contributed by atoms with E-state index in [1.54, 1.807) is 13.1 Å². The van der Waals surface area contributed by atoms with Crippen LogP contribution in [0.5, 0.6) is 0 Å². The van der Waals surface area contributed by atoms with Gasteiger partial charge in [0.1, 0.15) is 23.3 Å². The maximum atomic E-state index is 13.5. The molecule has 0 unspecified atom stereocenters. The molecule has 0 amide bonds. The standard InChI is InChI=1S/C13H14F2N4S/c1-16-11-6-12(19-13(18-11)20-2)17-7-8-3-4-9(14)5-10(8)15/h3-6H,7H2,1-2H3,(H2,16,17,18,19). The highest BCUT2D eigenvalue weighted by molar-refractivity contribution is 7.98. The van der Waals surface area contributed by atoms with E-state index in [1.165, 1.54) is 23.9 Å². The Morgan fingerprint density at radius 3 is 2.55 bits per heavy atom. The van der Waals surface area contributed by atoms with Gasteiger partial charge in [-0.25, -0.2) is 18.7 Å². The summed E-state index contributed by atoms with van der Waals surface area (Å²) in [6.07, 6.45) is 1.87. The van der Waals surface area contributed by atoms with Gasteiger partial charge in [-0.1, -0.05) is 17.8 Å². The van der Waals surface area contributed by atoms with Crippen molar-refractivity contribution in [3.8, 4) is 0 Å². The van der Waals surface area contributed by atoms with Gasteiger partial charge in [0.15, 0.2) is 5.16 Å². The second kappa shape index (κ2) is 6.51. The summed E-state index contributed by atoms with van der Waals surface area (Å²) in [5, 5.41) is 6.54. The normalized spacial score (nSPS) is 10.4. The molecule has 1 aromatic carbocycles. The summed E-state index contributed by atoms with van der Waals surface area (Å²) < 4.78 is 26.3. The highest BCUT2D eigenvalue weighted by atomic mass is 32.2. The highest BCUT2D eigenvalue weighted by Gasteiger charge is 2.06. The molecule has 0 saturated carbocycles. The molecule has 0 bridgehead atoms. The molecule has 0 saturated heterocycles. The molecule has 0 radical (unpaired) electrons. The quantitative estimate of drug-likeness (QED) is 0.656. The van der Waals surface area contributed by atoms with E-state index in [0.717, 1.165) is 6.07 Å². The number of hydrogen-bond acceptors (Lipinski definition) is 5. The molecule has 1 aromatic heterocycles. The summed E-state index contributed by atoms with van der Waals surface area (Å²) in [6, 6.07) is 5.23. The van der Waals surface area contributed by atoms with Crippen LogP contribution >= 0.6 is 11.8 Å². The number of nitrogens with zero attached hydrogens (tertiary/aromatic N) is 2. The Bertz CT molecular complexity index is 585. The zero-order valence-electron chi connectivity index (χ0n) is 11.1. The first-order chi connectivity index (χ1) is 9.62. The lowest BCUT2D eigenvalue weighted by molar-refractivity contribution is 0.574. The fraction of sp³-hybridized carbons (Fsp3) is 0.231. The van der Waals surface area contributed by atoms with Crippen LogP contribution in [0.1, 0.15) is 5.56 Å². The molecule has 0 aliphatic heterocycles. The number of hydrogen-bond donors (Lipinski definition) is 2. The zero-order valence-corrected chi connectivity index (χ0v) is 11.9. The van der Waals surface area contributed by atoms with Gasteiger partial charge in [-0.05, 0) is 12.3 Å². The fourth-order valence-electron chi connectivity index (χ4n) is 1.59. The first kappa shape index (κ1) is 14.5. The molecule has 0 fully saturated rings. The number of aromatic nitrogens is 2. The van der Waals surface area contributed by atoms with Crippen LogP contribution in [0.15, 0.2) is 29.4 Å². The molecule has 7 heteroatoms. The topological polar surface area (TPSA) is 49.8 Å². The largest absolute Gasteiger partial charge is 0.373 e. The van der Waals surface area contributed by atoms with Crippen LogP contribution in [0, 0.1) is 11.6 Å². The minimum atomic E-state index is -0.588. The lowest BCUT2D eigenvalue weighted by Gasteiger charge is -2.09. The molecule has 0 aliphatic carbocycles. The Balaban J connectivity index is 2.13. The van der Waals surface area contributed by atoms with Gasteiger partial charge >= 0.3 is 0 Å². The minimum Gasteiger partial charge on any atom is -0.373 e. The Hall–Kier alpha value is -1.89. The number of anilines is 2. The number of thioether (sulfide) groups is 1. The summed E-state index contributed by atoms with van der Waals surface area (Å²) in [5.74, 6) is 0.0877. The monoisotopic (exact) mass is 296 g/mol. The molecule has 4 nitrogen and oxygen atoms in total. The number of benzene rings is 1. The summed E-state index contributed by atoms with van der Waals surface area (Å²) in [6.45, 7) is 0.222. The van der Waals surface area contributed by atoms with Crippen molar-refractivity contribution >= 4 is 23.4 Å². The van der Waals surface area contributed by atoms with Crippen molar-refractivity contribution in [2.45, 2.75) is 11.7 Å². The van der Waals surface area contributed by atoms with Crippen molar-refractivity contribution in [1.82, 2.24) is 9.97 Å². The molecule has 2 N–H and O–H groups in total. The Morgan fingerprint density at radius 2 is 1.90 bits per heavy atom. The summed E-state index contributed by atoms with van der Waals surface area (Å²) in [7, 11) is 1.76. The van der Waals surface area contributed by atoms with Gasteiger partial charge in [0.2, 0.25) is 0 Å². The summed E-state index contributed by atoms with van der Waals surface area (Å²) >= 11 is 1.41. The number of halogens is 2. The molecular weight excluding hydrogens is 282 g/mol. The third-order valence-electron chi connectivity index (χ3n) is 2.62. The second-order valence-electron chi connectivity index (χ2n) is 3.96. The Labute approximate surface area is 120 Å². The summed E-state index contributed by atoms with van der Waals surface area (Å²) in [4.78, 5) is 8.50. The van der Waals surface area contributed by atoms with E-state index in [0.29, 0.717) is 22.4 Å². The lowest BCUT2D eigenvalue weighted by atomic mass is 10.2. The molecule has 2 aromatic rings. The predicted octanol–water partition coefficient (Wildman–Crippen LogP) is 3.13. The highest BCUT2D eigenvalue weighted by Crippen LogP contribution is 2.18.